The molecule has 0 saturated carbocycles. The molecule has 0 radical (unpaired) electrons. The molecule has 0 aliphatic heterocycles. The number of anilines is 1. The average Bonchev–Trinajstić information content (AvgIpc) is 2.92. The van der Waals surface area contributed by atoms with Crippen LogP contribution in [0.5, 0.6) is 0 Å². The first kappa shape index (κ1) is 12.9. The molecule has 0 bridgehead atoms. The van der Waals surface area contributed by atoms with Gasteiger partial charge in [0.2, 0.25) is 11.6 Å². The summed E-state index contributed by atoms with van der Waals surface area (Å²) in [5.41, 5.74) is -0.198. The predicted molar refractivity (Wildman–Crippen MR) is 66.2 cm³/mol. The summed E-state index contributed by atoms with van der Waals surface area (Å²) in [6, 6.07) is 0. The SMILES string of the molecule is COCCNc1ncnc(-n2ccnc2)c1[N+](=O)[O-]. The van der Waals surface area contributed by atoms with Crippen LogP contribution < -0.4 is 5.32 Å². The van der Waals surface area contributed by atoms with Crippen molar-refractivity contribution in [2.75, 3.05) is 25.6 Å². The Kier molecular flexibility index (Phi) is 3.98. The maximum absolute atomic E-state index is 11.2. The number of methoxy groups -OCH3 is 1. The van der Waals surface area contributed by atoms with E-state index in [1.807, 2.05) is 0 Å². The van der Waals surface area contributed by atoms with E-state index in [-0.39, 0.29) is 17.3 Å². The van der Waals surface area contributed by atoms with Gasteiger partial charge in [0.05, 0.1) is 11.5 Å². The van der Waals surface area contributed by atoms with E-state index in [2.05, 4.69) is 20.3 Å². The third-order valence-corrected chi connectivity index (χ3v) is 2.33. The van der Waals surface area contributed by atoms with Gasteiger partial charge in [0.25, 0.3) is 0 Å². The van der Waals surface area contributed by atoms with E-state index in [1.54, 1.807) is 13.3 Å². The lowest BCUT2D eigenvalue weighted by Gasteiger charge is -2.08. The minimum Gasteiger partial charge on any atom is -0.383 e. The van der Waals surface area contributed by atoms with Crippen LogP contribution in [0.2, 0.25) is 0 Å². The molecule has 2 heterocycles. The average molecular weight is 264 g/mol. The number of aromatic nitrogens is 4. The van der Waals surface area contributed by atoms with Crippen molar-refractivity contribution in [3.05, 3.63) is 35.2 Å². The largest absolute Gasteiger partial charge is 0.383 e. The molecule has 2 rings (SSSR count). The molecule has 9 heteroatoms. The Morgan fingerprint density at radius 2 is 2.37 bits per heavy atom. The van der Waals surface area contributed by atoms with Crippen molar-refractivity contribution in [3.63, 3.8) is 0 Å². The molecule has 0 atom stereocenters. The van der Waals surface area contributed by atoms with E-state index >= 15 is 0 Å². The number of ether oxygens (including phenoxy) is 1. The van der Waals surface area contributed by atoms with Crippen molar-refractivity contribution in [2.24, 2.45) is 0 Å². The lowest BCUT2D eigenvalue weighted by molar-refractivity contribution is -0.384. The second kappa shape index (κ2) is 5.87. The molecule has 19 heavy (non-hydrogen) atoms. The standard InChI is InChI=1S/C10H12N6O3/c1-19-5-3-12-9-8(16(17)18)10(14-6-13-9)15-4-2-11-7-15/h2,4,6-7H,3,5H2,1H3,(H,12,13,14). The van der Waals surface area contributed by atoms with Crippen LogP contribution in [-0.4, -0.2) is 44.7 Å². The molecule has 0 amide bonds. The maximum Gasteiger partial charge on any atom is 0.354 e. The highest BCUT2D eigenvalue weighted by Gasteiger charge is 2.23. The highest BCUT2D eigenvalue weighted by Crippen LogP contribution is 2.27. The highest BCUT2D eigenvalue weighted by molar-refractivity contribution is 5.63. The molecular weight excluding hydrogens is 252 g/mol. The lowest BCUT2D eigenvalue weighted by atomic mass is 10.4. The summed E-state index contributed by atoms with van der Waals surface area (Å²) in [7, 11) is 1.55. The van der Waals surface area contributed by atoms with Crippen LogP contribution in [-0.2, 0) is 4.74 Å². The number of nitrogens with zero attached hydrogens (tertiary/aromatic N) is 5. The van der Waals surface area contributed by atoms with E-state index in [9.17, 15) is 10.1 Å². The van der Waals surface area contributed by atoms with Crippen LogP contribution >= 0.6 is 0 Å². The van der Waals surface area contributed by atoms with Gasteiger partial charge in [-0.05, 0) is 0 Å². The molecule has 0 spiro atoms. The van der Waals surface area contributed by atoms with E-state index in [4.69, 9.17) is 4.74 Å². The third-order valence-electron chi connectivity index (χ3n) is 2.33. The summed E-state index contributed by atoms with van der Waals surface area (Å²) >= 11 is 0. The van der Waals surface area contributed by atoms with Gasteiger partial charge in [-0.15, -0.1) is 0 Å². The van der Waals surface area contributed by atoms with Gasteiger partial charge >= 0.3 is 5.69 Å². The zero-order valence-corrected chi connectivity index (χ0v) is 10.2. The first-order valence-corrected chi connectivity index (χ1v) is 5.44. The normalized spacial score (nSPS) is 10.4. The summed E-state index contributed by atoms with van der Waals surface area (Å²) in [5, 5.41) is 14.0. The highest BCUT2D eigenvalue weighted by atomic mass is 16.6. The molecule has 0 fully saturated rings. The topological polar surface area (TPSA) is 108 Å². The lowest BCUT2D eigenvalue weighted by Crippen LogP contribution is -2.12. The fraction of sp³-hybridized carbons (Fsp3) is 0.300. The van der Waals surface area contributed by atoms with E-state index in [0.29, 0.717) is 13.2 Å². The molecule has 0 aliphatic carbocycles. The fourth-order valence-corrected chi connectivity index (χ4v) is 1.51. The Morgan fingerprint density at radius 1 is 1.53 bits per heavy atom. The second-order valence-electron chi connectivity index (χ2n) is 3.54. The number of hydrogen-bond acceptors (Lipinski definition) is 7. The molecule has 0 aliphatic rings. The zero-order valence-electron chi connectivity index (χ0n) is 10.2. The minimum absolute atomic E-state index is 0.153. The van der Waals surface area contributed by atoms with Gasteiger partial charge in [0, 0.05) is 26.0 Å². The van der Waals surface area contributed by atoms with Crippen LogP contribution in [0.15, 0.2) is 25.0 Å². The van der Waals surface area contributed by atoms with Gasteiger partial charge in [-0.25, -0.2) is 15.0 Å². The van der Waals surface area contributed by atoms with Crippen molar-refractivity contribution in [3.8, 4) is 5.82 Å². The van der Waals surface area contributed by atoms with Crippen LogP contribution in [0.4, 0.5) is 11.5 Å². The Labute approximate surface area is 108 Å². The smallest absolute Gasteiger partial charge is 0.354 e. The molecule has 9 nitrogen and oxygen atoms in total. The van der Waals surface area contributed by atoms with E-state index in [0.717, 1.165) is 0 Å². The number of rotatable bonds is 6. The van der Waals surface area contributed by atoms with Crippen molar-refractivity contribution in [2.45, 2.75) is 0 Å². The number of nitrogens with one attached hydrogen (secondary N) is 1. The van der Waals surface area contributed by atoms with E-state index < -0.39 is 4.92 Å². The number of nitro groups is 1. The van der Waals surface area contributed by atoms with Gasteiger partial charge in [0.15, 0.2) is 0 Å². The van der Waals surface area contributed by atoms with E-state index in [1.165, 1.54) is 23.4 Å². The Morgan fingerprint density at radius 3 is 3.00 bits per heavy atom. The molecule has 0 saturated heterocycles. The van der Waals surface area contributed by atoms with Crippen LogP contribution in [0, 0.1) is 10.1 Å². The summed E-state index contributed by atoms with van der Waals surface area (Å²) in [5.74, 6) is 0.318. The van der Waals surface area contributed by atoms with Gasteiger partial charge in [-0.2, -0.15) is 0 Å². The Balaban J connectivity index is 2.39. The summed E-state index contributed by atoms with van der Waals surface area (Å²) in [6.45, 7) is 0.833. The van der Waals surface area contributed by atoms with Crippen molar-refractivity contribution in [1.82, 2.24) is 19.5 Å². The van der Waals surface area contributed by atoms with Crippen LogP contribution in [0.3, 0.4) is 0 Å². The minimum atomic E-state index is -0.523. The molecule has 0 aromatic carbocycles. The van der Waals surface area contributed by atoms with Crippen LogP contribution in [0.25, 0.3) is 5.82 Å². The van der Waals surface area contributed by atoms with Gasteiger partial charge in [0.1, 0.15) is 12.7 Å². The first-order valence-electron chi connectivity index (χ1n) is 5.44. The molecule has 2 aromatic rings. The molecule has 2 aromatic heterocycles. The third kappa shape index (κ3) is 2.83. The molecule has 100 valence electrons. The maximum atomic E-state index is 11.2. The van der Waals surface area contributed by atoms with Crippen molar-refractivity contribution < 1.29 is 9.66 Å². The predicted octanol–water partition coefficient (Wildman–Crippen LogP) is 0.629. The first-order chi connectivity index (χ1) is 9.24. The van der Waals surface area contributed by atoms with Gasteiger partial charge in [-0.1, -0.05) is 0 Å². The quantitative estimate of drug-likeness (QED) is 0.463. The Hall–Kier alpha value is -2.55. The molecule has 1 N–H and O–H groups in total. The Bertz CT molecular complexity index is 556. The fourth-order valence-electron chi connectivity index (χ4n) is 1.51. The van der Waals surface area contributed by atoms with Gasteiger partial charge < -0.3 is 10.1 Å². The second-order valence-corrected chi connectivity index (χ2v) is 3.54. The molecule has 0 unspecified atom stereocenters. The van der Waals surface area contributed by atoms with Crippen molar-refractivity contribution in [1.29, 1.82) is 0 Å². The summed E-state index contributed by atoms with van der Waals surface area (Å²) in [6.07, 6.45) is 5.80. The molecular formula is C10H12N6O3. The van der Waals surface area contributed by atoms with Crippen molar-refractivity contribution >= 4 is 11.5 Å². The summed E-state index contributed by atoms with van der Waals surface area (Å²) in [4.78, 5) is 22.3. The monoisotopic (exact) mass is 264 g/mol. The number of hydrogen-bond donors (Lipinski definition) is 1. The summed E-state index contributed by atoms with van der Waals surface area (Å²) < 4.78 is 6.34. The van der Waals surface area contributed by atoms with Gasteiger partial charge in [-0.3, -0.25) is 14.7 Å². The number of imidazole rings is 1. The van der Waals surface area contributed by atoms with Crippen LogP contribution in [0.1, 0.15) is 0 Å². The zero-order chi connectivity index (χ0) is 13.7.